The minimum absolute atomic E-state index is 0.0278. The number of hydrogen-bond acceptors (Lipinski definition) is 2. The lowest BCUT2D eigenvalue weighted by Gasteiger charge is -2.23. The third kappa shape index (κ3) is 1.04. The van der Waals surface area contributed by atoms with Crippen molar-refractivity contribution in [1.29, 1.82) is 0 Å². The zero-order chi connectivity index (χ0) is 8.84. The first-order valence-electron chi connectivity index (χ1n) is 4.80. The molecular weight excluding hydrogens is 164 g/mol. The number of fused-ring (bicyclic) bond motifs is 4. The van der Waals surface area contributed by atoms with Gasteiger partial charge in [0.05, 0.1) is 0 Å². The molecule has 3 rings (SSSR count). The van der Waals surface area contributed by atoms with Crippen LogP contribution in [0.4, 0.5) is 0 Å². The molecule has 0 saturated carbocycles. The molecule has 2 N–H and O–H groups in total. The Labute approximate surface area is 76.2 Å². The van der Waals surface area contributed by atoms with E-state index < -0.39 is 0 Å². The van der Waals surface area contributed by atoms with Crippen molar-refractivity contribution in [2.24, 2.45) is 0 Å². The van der Waals surface area contributed by atoms with Crippen molar-refractivity contribution in [1.82, 2.24) is 10.3 Å². The molecule has 2 bridgehead atoms. The fraction of sp³-hybridized carbons (Fsp3) is 0.500. The second-order valence-corrected chi connectivity index (χ2v) is 3.98. The van der Waals surface area contributed by atoms with Crippen LogP contribution in [0, 0.1) is 0 Å². The van der Waals surface area contributed by atoms with E-state index in [1.54, 1.807) is 6.07 Å². The Bertz CT molecular complexity index is 396. The van der Waals surface area contributed by atoms with E-state index >= 15 is 0 Å². The minimum Gasteiger partial charge on any atom is -0.329 e. The van der Waals surface area contributed by atoms with E-state index in [9.17, 15) is 4.79 Å². The van der Waals surface area contributed by atoms with Crippen LogP contribution in [0.25, 0.3) is 0 Å². The second-order valence-electron chi connectivity index (χ2n) is 3.98. The third-order valence-corrected chi connectivity index (χ3v) is 3.13. The van der Waals surface area contributed by atoms with Gasteiger partial charge in [-0.15, -0.1) is 0 Å². The Balaban J connectivity index is 2.17. The van der Waals surface area contributed by atoms with Crippen LogP contribution < -0.4 is 10.9 Å². The Morgan fingerprint density at radius 1 is 1.38 bits per heavy atom. The van der Waals surface area contributed by atoms with Gasteiger partial charge in [0.2, 0.25) is 5.56 Å². The van der Waals surface area contributed by atoms with Gasteiger partial charge in [-0.2, -0.15) is 0 Å². The largest absolute Gasteiger partial charge is 0.329 e. The summed E-state index contributed by atoms with van der Waals surface area (Å²) in [6.07, 6.45) is 5.35. The Morgan fingerprint density at radius 2 is 2.31 bits per heavy atom. The molecule has 0 radical (unpaired) electrons. The van der Waals surface area contributed by atoms with Crippen molar-refractivity contribution < 1.29 is 0 Å². The molecule has 0 unspecified atom stereocenters. The molecule has 1 saturated heterocycles. The molecule has 1 fully saturated rings. The fourth-order valence-electron chi connectivity index (χ4n) is 2.52. The first-order valence-corrected chi connectivity index (χ1v) is 4.80. The van der Waals surface area contributed by atoms with Gasteiger partial charge in [0.25, 0.3) is 0 Å². The summed E-state index contributed by atoms with van der Waals surface area (Å²) < 4.78 is 0. The number of aromatic nitrogens is 1. The van der Waals surface area contributed by atoms with Gasteiger partial charge in [0.15, 0.2) is 0 Å². The molecule has 1 aromatic rings. The molecule has 2 atom stereocenters. The highest BCUT2D eigenvalue weighted by Gasteiger charge is 2.31. The smallest absolute Gasteiger partial charge is 0.248 e. The first kappa shape index (κ1) is 7.33. The van der Waals surface area contributed by atoms with Gasteiger partial charge in [0, 0.05) is 24.3 Å². The summed E-state index contributed by atoms with van der Waals surface area (Å²) in [4.78, 5) is 13.8. The maximum absolute atomic E-state index is 11.1. The predicted molar refractivity (Wildman–Crippen MR) is 49.7 cm³/mol. The number of aromatic amines is 1. The van der Waals surface area contributed by atoms with Crippen LogP contribution in [0.3, 0.4) is 0 Å². The van der Waals surface area contributed by atoms with Crippen LogP contribution in [-0.2, 0) is 6.42 Å². The SMILES string of the molecule is O=c1cc2c(c[nH]1)[C@H]1CC[C@@H](C2)N1. The number of H-pyrrole nitrogens is 1. The molecule has 0 spiro atoms. The van der Waals surface area contributed by atoms with Crippen LogP contribution in [0.2, 0.25) is 0 Å². The van der Waals surface area contributed by atoms with Crippen LogP contribution in [0.15, 0.2) is 17.1 Å². The maximum Gasteiger partial charge on any atom is 0.248 e. The summed E-state index contributed by atoms with van der Waals surface area (Å²) in [7, 11) is 0. The normalized spacial score (nSPS) is 30.2. The van der Waals surface area contributed by atoms with Crippen molar-refractivity contribution in [3.05, 3.63) is 33.7 Å². The van der Waals surface area contributed by atoms with Crippen molar-refractivity contribution in [3.63, 3.8) is 0 Å². The van der Waals surface area contributed by atoms with Gasteiger partial charge in [-0.3, -0.25) is 4.79 Å². The van der Waals surface area contributed by atoms with Gasteiger partial charge in [-0.25, -0.2) is 0 Å². The highest BCUT2D eigenvalue weighted by atomic mass is 16.1. The molecule has 3 heteroatoms. The van der Waals surface area contributed by atoms with Crippen molar-refractivity contribution >= 4 is 0 Å². The second kappa shape index (κ2) is 2.45. The lowest BCUT2D eigenvalue weighted by atomic mass is 9.97. The van der Waals surface area contributed by atoms with Gasteiger partial charge >= 0.3 is 0 Å². The topological polar surface area (TPSA) is 44.9 Å². The van der Waals surface area contributed by atoms with E-state index in [2.05, 4.69) is 10.3 Å². The Morgan fingerprint density at radius 3 is 3.23 bits per heavy atom. The first-order chi connectivity index (χ1) is 6.33. The fourth-order valence-corrected chi connectivity index (χ4v) is 2.52. The molecule has 2 aliphatic heterocycles. The molecule has 0 aromatic carbocycles. The lowest BCUT2D eigenvalue weighted by Crippen LogP contribution is -2.32. The molecule has 1 aromatic heterocycles. The maximum atomic E-state index is 11.1. The zero-order valence-corrected chi connectivity index (χ0v) is 7.34. The monoisotopic (exact) mass is 176 g/mol. The van der Waals surface area contributed by atoms with E-state index in [-0.39, 0.29) is 5.56 Å². The molecular formula is C10H12N2O. The molecule has 0 aliphatic carbocycles. The highest BCUT2D eigenvalue weighted by Crippen LogP contribution is 2.34. The predicted octanol–water partition coefficient (Wildman–Crippen LogP) is 0.724. The number of hydrogen-bond donors (Lipinski definition) is 2. The Kier molecular flexibility index (Phi) is 1.38. The summed E-state index contributed by atoms with van der Waals surface area (Å²) in [5, 5.41) is 3.54. The summed E-state index contributed by atoms with van der Waals surface area (Å²) in [5.74, 6) is 0. The molecule has 13 heavy (non-hydrogen) atoms. The van der Waals surface area contributed by atoms with Crippen LogP contribution >= 0.6 is 0 Å². The number of pyridine rings is 1. The number of nitrogens with one attached hydrogen (secondary N) is 2. The molecule has 3 nitrogen and oxygen atoms in total. The van der Waals surface area contributed by atoms with Gasteiger partial charge in [-0.05, 0) is 30.4 Å². The van der Waals surface area contributed by atoms with Crippen LogP contribution in [0.5, 0.6) is 0 Å². The minimum atomic E-state index is 0.0278. The van der Waals surface area contributed by atoms with Gasteiger partial charge in [-0.1, -0.05) is 0 Å². The third-order valence-electron chi connectivity index (χ3n) is 3.13. The van der Waals surface area contributed by atoms with E-state index in [0.717, 1.165) is 6.42 Å². The highest BCUT2D eigenvalue weighted by molar-refractivity contribution is 5.32. The Hall–Kier alpha value is -1.09. The van der Waals surface area contributed by atoms with Crippen molar-refractivity contribution in [2.45, 2.75) is 31.3 Å². The van der Waals surface area contributed by atoms with Gasteiger partial charge in [0.1, 0.15) is 0 Å². The average Bonchev–Trinajstić information content (AvgIpc) is 2.48. The summed E-state index contributed by atoms with van der Waals surface area (Å²) in [6.45, 7) is 0. The summed E-state index contributed by atoms with van der Waals surface area (Å²) in [5.41, 5.74) is 2.57. The van der Waals surface area contributed by atoms with Gasteiger partial charge < -0.3 is 10.3 Å². The zero-order valence-electron chi connectivity index (χ0n) is 7.34. The summed E-state index contributed by atoms with van der Waals surface area (Å²) in [6, 6.07) is 2.85. The average molecular weight is 176 g/mol. The molecule has 68 valence electrons. The van der Waals surface area contributed by atoms with E-state index in [1.807, 2.05) is 6.20 Å². The quantitative estimate of drug-likeness (QED) is 0.612. The van der Waals surface area contributed by atoms with Crippen molar-refractivity contribution in [3.8, 4) is 0 Å². The van der Waals surface area contributed by atoms with Crippen LogP contribution in [0.1, 0.15) is 30.0 Å². The van der Waals surface area contributed by atoms with E-state index in [4.69, 9.17) is 0 Å². The lowest BCUT2D eigenvalue weighted by molar-refractivity contribution is 0.513. The standard InChI is InChI=1S/C10H12N2O/c13-10-4-6-3-7-1-2-9(12-7)8(6)5-11-10/h4-5,7,9,12H,1-3H2,(H,11,13)/t7-,9+/m0/s1. The molecule has 0 amide bonds. The summed E-state index contributed by atoms with van der Waals surface area (Å²) >= 11 is 0. The molecule has 3 heterocycles. The van der Waals surface area contributed by atoms with Crippen LogP contribution in [-0.4, -0.2) is 11.0 Å². The van der Waals surface area contributed by atoms with E-state index in [0.29, 0.717) is 12.1 Å². The van der Waals surface area contributed by atoms with Crippen molar-refractivity contribution in [2.75, 3.05) is 0 Å². The molecule has 2 aliphatic rings. The van der Waals surface area contributed by atoms with E-state index in [1.165, 1.54) is 24.0 Å². The number of rotatable bonds is 0.